The van der Waals surface area contributed by atoms with Crippen LogP contribution in [0.25, 0.3) is 0 Å². The second kappa shape index (κ2) is 7.55. The summed E-state index contributed by atoms with van der Waals surface area (Å²) in [6, 6.07) is 4.61. The molecule has 0 aliphatic carbocycles. The Hall–Kier alpha value is -1.20. The summed E-state index contributed by atoms with van der Waals surface area (Å²) in [7, 11) is 0. The van der Waals surface area contributed by atoms with Gasteiger partial charge in [0.1, 0.15) is 0 Å². The number of halogens is 1. The Morgan fingerprint density at radius 1 is 1.40 bits per heavy atom. The lowest BCUT2D eigenvalue weighted by Crippen LogP contribution is -2.40. The zero-order chi connectivity index (χ0) is 15.3. The van der Waals surface area contributed by atoms with E-state index in [0.717, 1.165) is 10.6 Å². The van der Waals surface area contributed by atoms with E-state index < -0.39 is 17.9 Å². The Balaban J connectivity index is 2.89. The van der Waals surface area contributed by atoms with Crippen LogP contribution in [0.1, 0.15) is 31.1 Å². The van der Waals surface area contributed by atoms with E-state index in [1.54, 1.807) is 32.0 Å². The number of carboxylic acids is 1. The van der Waals surface area contributed by atoms with Crippen LogP contribution < -0.4 is 5.32 Å². The summed E-state index contributed by atoms with van der Waals surface area (Å²) >= 11 is 7.46. The van der Waals surface area contributed by atoms with Gasteiger partial charge in [0.25, 0.3) is 5.91 Å². The Bertz CT molecular complexity index is 507. The van der Waals surface area contributed by atoms with Crippen LogP contribution in [0.5, 0.6) is 0 Å². The average molecular weight is 316 g/mol. The molecule has 1 aromatic rings. The van der Waals surface area contributed by atoms with Gasteiger partial charge in [0.05, 0.1) is 11.5 Å². The molecule has 6 heteroatoms. The predicted molar refractivity (Wildman–Crippen MR) is 81.6 cm³/mol. The first-order valence-electron chi connectivity index (χ1n) is 6.32. The lowest BCUT2D eigenvalue weighted by Gasteiger charge is -2.18. The monoisotopic (exact) mass is 315 g/mol. The largest absolute Gasteiger partial charge is 0.481 e. The molecule has 0 heterocycles. The van der Waals surface area contributed by atoms with Gasteiger partial charge in [-0.3, -0.25) is 9.59 Å². The number of benzene rings is 1. The zero-order valence-corrected chi connectivity index (χ0v) is 13.2. The van der Waals surface area contributed by atoms with Crippen LogP contribution in [0, 0.1) is 5.92 Å². The molecule has 0 fully saturated rings. The van der Waals surface area contributed by atoms with Gasteiger partial charge < -0.3 is 10.4 Å². The van der Waals surface area contributed by atoms with Crippen molar-refractivity contribution in [2.75, 3.05) is 5.75 Å². The number of nitrogens with one attached hydrogen (secondary N) is 1. The highest BCUT2D eigenvalue weighted by Crippen LogP contribution is 2.26. The van der Waals surface area contributed by atoms with Crippen LogP contribution in [0.3, 0.4) is 0 Å². The van der Waals surface area contributed by atoms with E-state index >= 15 is 0 Å². The number of amides is 1. The van der Waals surface area contributed by atoms with Crippen molar-refractivity contribution in [2.24, 2.45) is 5.92 Å². The molecule has 0 saturated heterocycles. The van der Waals surface area contributed by atoms with Gasteiger partial charge in [-0.25, -0.2) is 0 Å². The van der Waals surface area contributed by atoms with Crippen molar-refractivity contribution < 1.29 is 14.7 Å². The van der Waals surface area contributed by atoms with Crippen LogP contribution in [-0.2, 0) is 4.79 Å². The second-order valence-corrected chi connectivity index (χ2v) is 6.20. The van der Waals surface area contributed by atoms with E-state index in [1.807, 2.05) is 6.92 Å². The van der Waals surface area contributed by atoms with Crippen molar-refractivity contribution >= 4 is 35.2 Å². The molecule has 0 bridgehead atoms. The van der Waals surface area contributed by atoms with Crippen molar-refractivity contribution in [1.29, 1.82) is 0 Å². The molecule has 0 aliphatic rings. The summed E-state index contributed by atoms with van der Waals surface area (Å²) in [4.78, 5) is 23.9. The first kappa shape index (κ1) is 16.9. The van der Waals surface area contributed by atoms with Gasteiger partial charge in [0, 0.05) is 16.0 Å². The van der Waals surface area contributed by atoms with Gasteiger partial charge in [-0.1, -0.05) is 18.5 Å². The van der Waals surface area contributed by atoms with Crippen molar-refractivity contribution in [2.45, 2.75) is 31.7 Å². The molecular weight excluding hydrogens is 298 g/mol. The molecule has 1 amide bonds. The van der Waals surface area contributed by atoms with Crippen molar-refractivity contribution in [1.82, 2.24) is 5.32 Å². The molecule has 1 aromatic carbocycles. The molecule has 4 nitrogen and oxygen atoms in total. The van der Waals surface area contributed by atoms with Crippen LogP contribution in [-0.4, -0.2) is 28.8 Å². The van der Waals surface area contributed by atoms with E-state index in [9.17, 15) is 9.59 Å². The lowest BCUT2D eigenvalue weighted by molar-refractivity contribution is -0.141. The van der Waals surface area contributed by atoms with Crippen LogP contribution in [0.2, 0.25) is 5.02 Å². The third-order valence-corrected chi connectivity index (χ3v) is 4.16. The van der Waals surface area contributed by atoms with Gasteiger partial charge in [-0.15, -0.1) is 11.8 Å². The molecule has 2 N–H and O–H groups in total. The number of carboxylic acid groups (broad SMARTS) is 1. The number of carbonyl (C=O) groups excluding carboxylic acids is 1. The van der Waals surface area contributed by atoms with E-state index in [0.29, 0.717) is 10.6 Å². The Labute approximate surface area is 127 Å². The molecule has 0 aromatic heterocycles. The Kier molecular flexibility index (Phi) is 6.36. The number of hydrogen-bond acceptors (Lipinski definition) is 3. The summed E-state index contributed by atoms with van der Waals surface area (Å²) < 4.78 is 0. The number of hydrogen-bond donors (Lipinski definition) is 2. The van der Waals surface area contributed by atoms with Crippen LogP contribution in [0.4, 0.5) is 0 Å². The molecule has 2 unspecified atom stereocenters. The fraction of sp³-hybridized carbons (Fsp3) is 0.429. The molecule has 0 saturated carbocycles. The van der Waals surface area contributed by atoms with Gasteiger partial charge in [-0.05, 0) is 37.8 Å². The quantitative estimate of drug-likeness (QED) is 0.791. The van der Waals surface area contributed by atoms with Crippen molar-refractivity contribution in [3.63, 3.8) is 0 Å². The molecule has 0 spiro atoms. The SMILES string of the molecule is CCSc1cc(Cl)ccc1C(=O)NC(C)C(C)C(=O)O. The summed E-state index contributed by atoms with van der Waals surface area (Å²) in [5.41, 5.74) is 0.519. The number of thioether (sulfide) groups is 1. The minimum absolute atomic E-state index is 0.279. The van der Waals surface area contributed by atoms with E-state index in [1.165, 1.54) is 11.8 Å². The van der Waals surface area contributed by atoms with E-state index in [-0.39, 0.29) is 5.91 Å². The molecule has 0 aliphatic heterocycles. The molecule has 110 valence electrons. The van der Waals surface area contributed by atoms with E-state index in [4.69, 9.17) is 16.7 Å². The van der Waals surface area contributed by atoms with Gasteiger partial charge in [-0.2, -0.15) is 0 Å². The average Bonchev–Trinajstić information content (AvgIpc) is 2.37. The molecule has 2 atom stereocenters. The molecule has 1 rings (SSSR count). The third-order valence-electron chi connectivity index (χ3n) is 2.99. The van der Waals surface area contributed by atoms with Crippen molar-refractivity contribution in [3.05, 3.63) is 28.8 Å². The van der Waals surface area contributed by atoms with Gasteiger partial charge >= 0.3 is 5.97 Å². The smallest absolute Gasteiger partial charge is 0.308 e. The minimum atomic E-state index is -0.933. The maximum atomic E-state index is 12.2. The lowest BCUT2D eigenvalue weighted by atomic mass is 10.0. The van der Waals surface area contributed by atoms with Crippen LogP contribution >= 0.6 is 23.4 Å². The minimum Gasteiger partial charge on any atom is -0.481 e. The third kappa shape index (κ3) is 4.42. The topological polar surface area (TPSA) is 66.4 Å². The highest BCUT2D eigenvalue weighted by molar-refractivity contribution is 7.99. The number of rotatable bonds is 6. The van der Waals surface area contributed by atoms with E-state index in [2.05, 4.69) is 5.32 Å². The molecule has 20 heavy (non-hydrogen) atoms. The molecular formula is C14H18ClNO3S. The summed E-state index contributed by atoms with van der Waals surface area (Å²) in [5.74, 6) is -1.04. The highest BCUT2D eigenvalue weighted by Gasteiger charge is 2.22. The second-order valence-electron chi connectivity index (χ2n) is 4.46. The maximum Gasteiger partial charge on any atom is 0.308 e. The first-order valence-corrected chi connectivity index (χ1v) is 7.69. The number of carbonyl (C=O) groups is 2. The first-order chi connectivity index (χ1) is 9.36. The summed E-state index contributed by atoms with van der Waals surface area (Å²) in [5, 5.41) is 12.2. The molecule has 0 radical (unpaired) electrons. The fourth-order valence-electron chi connectivity index (χ4n) is 1.58. The van der Waals surface area contributed by atoms with Gasteiger partial charge in [0.15, 0.2) is 0 Å². The predicted octanol–water partition coefficient (Wildman–Crippen LogP) is 3.29. The fourth-order valence-corrected chi connectivity index (χ4v) is 2.66. The zero-order valence-electron chi connectivity index (χ0n) is 11.6. The standard InChI is InChI=1S/C14H18ClNO3S/c1-4-20-12-7-10(15)5-6-11(12)13(17)16-9(3)8(2)14(18)19/h5-9H,4H2,1-3H3,(H,16,17)(H,18,19). The maximum absolute atomic E-state index is 12.2. The van der Waals surface area contributed by atoms with Crippen LogP contribution in [0.15, 0.2) is 23.1 Å². The Morgan fingerprint density at radius 3 is 2.60 bits per heavy atom. The Morgan fingerprint density at radius 2 is 2.05 bits per heavy atom. The number of aliphatic carboxylic acids is 1. The highest BCUT2D eigenvalue weighted by atomic mass is 35.5. The van der Waals surface area contributed by atoms with Gasteiger partial charge in [0.2, 0.25) is 0 Å². The normalized spacial score (nSPS) is 13.6. The summed E-state index contributed by atoms with van der Waals surface area (Å²) in [6.07, 6.45) is 0. The summed E-state index contributed by atoms with van der Waals surface area (Å²) in [6.45, 7) is 5.23. The van der Waals surface area contributed by atoms with Crippen molar-refractivity contribution in [3.8, 4) is 0 Å².